The monoisotopic (exact) mass is 431 g/mol. The second-order valence-corrected chi connectivity index (χ2v) is 8.80. The molecule has 9 heteroatoms. The molecule has 0 spiro atoms. The van der Waals surface area contributed by atoms with Gasteiger partial charge in [0.15, 0.2) is 0 Å². The fourth-order valence-corrected chi connectivity index (χ4v) is 3.97. The number of rotatable bonds is 8. The third-order valence-corrected chi connectivity index (χ3v) is 5.31. The number of nitrogens with zero attached hydrogens (tertiary/aromatic N) is 1. The molecule has 1 saturated heterocycles. The van der Waals surface area contributed by atoms with Crippen LogP contribution in [-0.4, -0.2) is 39.6 Å². The summed E-state index contributed by atoms with van der Waals surface area (Å²) in [7, 11) is -3.43. The van der Waals surface area contributed by atoms with E-state index in [1.165, 1.54) is 0 Å². The number of nitrogens with one attached hydrogen (secondary N) is 2. The van der Waals surface area contributed by atoms with Gasteiger partial charge in [-0.05, 0) is 30.7 Å². The minimum absolute atomic E-state index is 0.107. The summed E-state index contributed by atoms with van der Waals surface area (Å²) in [6.45, 7) is 2.76. The van der Waals surface area contributed by atoms with Gasteiger partial charge in [0.05, 0.1) is 30.2 Å². The zero-order valence-electron chi connectivity index (χ0n) is 16.9. The molecular weight excluding hydrogens is 406 g/mol. The van der Waals surface area contributed by atoms with E-state index in [0.29, 0.717) is 29.3 Å². The Hall–Kier alpha value is -3.07. The predicted octanol–water partition coefficient (Wildman–Crippen LogP) is 2.13. The summed E-state index contributed by atoms with van der Waals surface area (Å²) >= 11 is 0. The van der Waals surface area contributed by atoms with Crippen molar-refractivity contribution in [3.8, 4) is 5.75 Å². The van der Waals surface area contributed by atoms with Crippen LogP contribution in [0.4, 0.5) is 11.4 Å². The maximum absolute atomic E-state index is 12.7. The zero-order valence-corrected chi connectivity index (χ0v) is 17.7. The van der Waals surface area contributed by atoms with E-state index >= 15 is 0 Å². The van der Waals surface area contributed by atoms with E-state index in [2.05, 4.69) is 10.0 Å². The summed E-state index contributed by atoms with van der Waals surface area (Å²) in [4.78, 5) is 26.8. The molecule has 1 aliphatic heterocycles. The molecule has 2 aromatic rings. The molecule has 1 aliphatic rings. The molecule has 2 N–H and O–H groups in total. The summed E-state index contributed by atoms with van der Waals surface area (Å²) in [5.41, 5.74) is 1.71. The lowest BCUT2D eigenvalue weighted by Crippen LogP contribution is -2.33. The van der Waals surface area contributed by atoms with Crippen LogP contribution in [0.25, 0.3) is 0 Å². The fourth-order valence-electron chi connectivity index (χ4n) is 3.37. The molecule has 2 amide bonds. The first-order valence-corrected chi connectivity index (χ1v) is 11.5. The molecule has 1 heterocycles. The third-order valence-electron chi connectivity index (χ3n) is 4.72. The van der Waals surface area contributed by atoms with Gasteiger partial charge >= 0.3 is 0 Å². The molecular formula is C21H25N3O5S. The van der Waals surface area contributed by atoms with Gasteiger partial charge in [0.2, 0.25) is 21.8 Å². The molecule has 2 aromatic carbocycles. The Morgan fingerprint density at radius 3 is 2.60 bits per heavy atom. The van der Waals surface area contributed by atoms with Gasteiger partial charge in [-0.1, -0.05) is 30.3 Å². The van der Waals surface area contributed by atoms with Gasteiger partial charge in [0, 0.05) is 19.5 Å². The first-order valence-electron chi connectivity index (χ1n) is 9.64. The van der Waals surface area contributed by atoms with Crippen molar-refractivity contribution in [2.24, 2.45) is 5.92 Å². The molecule has 0 bridgehead atoms. The van der Waals surface area contributed by atoms with Crippen LogP contribution >= 0.6 is 0 Å². The molecule has 1 fully saturated rings. The first kappa shape index (κ1) is 21.6. The number of para-hydroxylation sites is 3. The Balaban J connectivity index is 1.67. The molecule has 1 atom stereocenters. The lowest BCUT2D eigenvalue weighted by molar-refractivity contribution is -0.126. The molecule has 30 heavy (non-hydrogen) atoms. The molecule has 8 nitrogen and oxygen atoms in total. The molecule has 1 unspecified atom stereocenters. The minimum Gasteiger partial charge on any atom is -0.492 e. The van der Waals surface area contributed by atoms with Crippen LogP contribution in [0.2, 0.25) is 0 Å². The quantitative estimate of drug-likeness (QED) is 0.666. The van der Waals surface area contributed by atoms with Crippen molar-refractivity contribution in [2.45, 2.75) is 19.9 Å². The maximum atomic E-state index is 12.7. The van der Waals surface area contributed by atoms with Gasteiger partial charge < -0.3 is 15.0 Å². The Kier molecular flexibility index (Phi) is 6.61. The van der Waals surface area contributed by atoms with Crippen molar-refractivity contribution in [3.05, 3.63) is 54.1 Å². The van der Waals surface area contributed by atoms with E-state index in [4.69, 9.17) is 4.74 Å². The van der Waals surface area contributed by atoms with Crippen LogP contribution in [0.1, 0.15) is 18.9 Å². The van der Waals surface area contributed by atoms with Crippen LogP contribution in [0.3, 0.4) is 0 Å². The maximum Gasteiger partial charge on any atom is 0.229 e. The highest BCUT2D eigenvalue weighted by atomic mass is 32.2. The topological polar surface area (TPSA) is 105 Å². The SMILES string of the molecule is CCOc1ccccc1N1CC(C(=O)NCc2ccccc2NS(C)(=O)=O)CC1=O. The van der Waals surface area contributed by atoms with Gasteiger partial charge in [0.25, 0.3) is 0 Å². The van der Waals surface area contributed by atoms with Crippen molar-refractivity contribution in [1.82, 2.24) is 5.32 Å². The number of sulfonamides is 1. The Bertz CT molecular complexity index is 1040. The van der Waals surface area contributed by atoms with Gasteiger partial charge in [-0.15, -0.1) is 0 Å². The van der Waals surface area contributed by atoms with Crippen molar-refractivity contribution >= 4 is 33.2 Å². The second kappa shape index (κ2) is 9.17. The average Bonchev–Trinajstić information content (AvgIpc) is 3.08. The van der Waals surface area contributed by atoms with E-state index in [1.807, 2.05) is 19.1 Å². The molecule has 0 saturated carbocycles. The number of benzene rings is 2. The number of carbonyl (C=O) groups is 2. The summed E-state index contributed by atoms with van der Waals surface area (Å²) in [6, 6.07) is 14.1. The van der Waals surface area contributed by atoms with E-state index in [-0.39, 0.29) is 31.3 Å². The van der Waals surface area contributed by atoms with Crippen molar-refractivity contribution in [2.75, 3.05) is 29.0 Å². The number of carbonyl (C=O) groups excluding carboxylic acids is 2. The highest BCUT2D eigenvalue weighted by Crippen LogP contribution is 2.33. The van der Waals surface area contributed by atoms with Crippen LogP contribution in [0.5, 0.6) is 5.75 Å². The lowest BCUT2D eigenvalue weighted by atomic mass is 10.1. The van der Waals surface area contributed by atoms with Crippen LogP contribution in [0, 0.1) is 5.92 Å². The molecule has 0 radical (unpaired) electrons. The standard InChI is InChI=1S/C21H25N3O5S/c1-3-29-19-11-7-6-10-18(19)24-14-16(12-20(24)25)21(26)22-13-15-8-4-5-9-17(15)23-30(2,27)28/h4-11,16,23H,3,12-14H2,1-2H3,(H,22,26). The largest absolute Gasteiger partial charge is 0.492 e. The second-order valence-electron chi connectivity index (χ2n) is 7.06. The van der Waals surface area contributed by atoms with Gasteiger partial charge in [-0.25, -0.2) is 8.42 Å². The highest BCUT2D eigenvalue weighted by molar-refractivity contribution is 7.92. The Morgan fingerprint density at radius 1 is 1.17 bits per heavy atom. The molecule has 0 aromatic heterocycles. The van der Waals surface area contributed by atoms with Gasteiger partial charge in [-0.3, -0.25) is 14.3 Å². The smallest absolute Gasteiger partial charge is 0.229 e. The van der Waals surface area contributed by atoms with Crippen LogP contribution in [-0.2, 0) is 26.2 Å². The van der Waals surface area contributed by atoms with Crippen molar-refractivity contribution in [3.63, 3.8) is 0 Å². The van der Waals surface area contributed by atoms with Gasteiger partial charge in [0.1, 0.15) is 5.75 Å². The Morgan fingerprint density at radius 2 is 1.87 bits per heavy atom. The number of amides is 2. The molecule has 0 aliphatic carbocycles. The number of hydrogen-bond donors (Lipinski definition) is 2. The van der Waals surface area contributed by atoms with E-state index in [9.17, 15) is 18.0 Å². The summed E-state index contributed by atoms with van der Waals surface area (Å²) in [5, 5.41) is 2.82. The average molecular weight is 432 g/mol. The van der Waals surface area contributed by atoms with E-state index in [1.54, 1.807) is 41.3 Å². The summed E-state index contributed by atoms with van der Waals surface area (Å²) < 4.78 is 31.1. The summed E-state index contributed by atoms with van der Waals surface area (Å²) in [5.74, 6) is -0.284. The van der Waals surface area contributed by atoms with Crippen LogP contribution < -0.4 is 19.7 Å². The molecule has 3 rings (SSSR count). The summed E-state index contributed by atoms with van der Waals surface area (Å²) in [6.07, 6.45) is 1.18. The van der Waals surface area contributed by atoms with Crippen molar-refractivity contribution in [1.29, 1.82) is 0 Å². The number of hydrogen-bond acceptors (Lipinski definition) is 5. The third kappa shape index (κ3) is 5.29. The van der Waals surface area contributed by atoms with Crippen LogP contribution in [0.15, 0.2) is 48.5 Å². The van der Waals surface area contributed by atoms with Crippen molar-refractivity contribution < 1.29 is 22.7 Å². The zero-order chi connectivity index (χ0) is 21.7. The highest BCUT2D eigenvalue weighted by Gasteiger charge is 2.36. The number of anilines is 2. The Labute approximate surface area is 176 Å². The minimum atomic E-state index is -3.43. The lowest BCUT2D eigenvalue weighted by Gasteiger charge is -2.20. The first-order chi connectivity index (χ1) is 14.3. The van der Waals surface area contributed by atoms with Gasteiger partial charge in [-0.2, -0.15) is 0 Å². The molecule has 160 valence electrons. The number of ether oxygens (including phenoxy) is 1. The van der Waals surface area contributed by atoms with E-state index < -0.39 is 15.9 Å². The fraction of sp³-hybridized carbons (Fsp3) is 0.333. The predicted molar refractivity (Wildman–Crippen MR) is 115 cm³/mol. The van der Waals surface area contributed by atoms with E-state index in [0.717, 1.165) is 6.26 Å². The normalized spacial score (nSPS) is 16.4.